The molecule has 0 atom stereocenters. The van der Waals surface area contributed by atoms with Crippen molar-refractivity contribution in [1.82, 2.24) is 10.1 Å². The van der Waals surface area contributed by atoms with E-state index in [0.29, 0.717) is 11.3 Å². The minimum absolute atomic E-state index is 0.193. The Balaban J connectivity index is 2.18. The second-order valence-electron chi connectivity index (χ2n) is 3.61. The Hall–Kier alpha value is -2.58. The van der Waals surface area contributed by atoms with Gasteiger partial charge in [-0.2, -0.15) is 18.2 Å². The third-order valence-electron chi connectivity index (χ3n) is 2.24. The van der Waals surface area contributed by atoms with Crippen LogP contribution in [0.3, 0.4) is 0 Å². The molecule has 1 N–H and O–H groups in total. The molecule has 0 radical (unpaired) electrons. The highest BCUT2D eigenvalue weighted by molar-refractivity contribution is 5.84. The van der Waals surface area contributed by atoms with Gasteiger partial charge in [0.25, 0.3) is 0 Å². The van der Waals surface area contributed by atoms with E-state index < -0.39 is 18.2 Å². The number of carbonyl (C=O) groups excluding carboxylic acids is 1. The maximum Gasteiger partial charge on any atom is 0.471 e. The van der Waals surface area contributed by atoms with E-state index in [9.17, 15) is 18.0 Å². The summed E-state index contributed by atoms with van der Waals surface area (Å²) >= 11 is 0. The van der Waals surface area contributed by atoms with Gasteiger partial charge < -0.3 is 9.26 Å². The molecule has 2 aromatic rings. The van der Waals surface area contributed by atoms with Crippen LogP contribution in [0.5, 0.6) is 0 Å². The Morgan fingerprint density at radius 2 is 1.95 bits per heavy atom. The number of alkyl halides is 3. The van der Waals surface area contributed by atoms with Gasteiger partial charge in [0, 0.05) is 11.3 Å². The number of nitrogens with one attached hydrogen (secondary N) is 1. The van der Waals surface area contributed by atoms with Crippen molar-refractivity contribution in [3.05, 3.63) is 30.2 Å². The zero-order valence-electron chi connectivity index (χ0n) is 10.1. The number of hydrogen-bond donors (Lipinski definition) is 1. The molecule has 2 rings (SSSR count). The van der Waals surface area contributed by atoms with E-state index in [1.54, 1.807) is 0 Å². The summed E-state index contributed by atoms with van der Waals surface area (Å²) in [5, 5.41) is 5.64. The predicted octanol–water partition coefficient (Wildman–Crippen LogP) is 2.93. The van der Waals surface area contributed by atoms with Gasteiger partial charge >= 0.3 is 18.2 Å². The van der Waals surface area contributed by atoms with E-state index in [-0.39, 0.29) is 5.82 Å². The first-order chi connectivity index (χ1) is 9.40. The molecule has 0 aliphatic carbocycles. The summed E-state index contributed by atoms with van der Waals surface area (Å²) in [5.74, 6) is -1.61. The maximum absolute atomic E-state index is 12.3. The molecule has 6 nitrogen and oxygen atoms in total. The highest BCUT2D eigenvalue weighted by Crippen LogP contribution is 2.29. The second kappa shape index (κ2) is 5.19. The van der Waals surface area contributed by atoms with Crippen LogP contribution in [0.25, 0.3) is 11.4 Å². The van der Waals surface area contributed by atoms with E-state index in [4.69, 9.17) is 0 Å². The van der Waals surface area contributed by atoms with E-state index in [2.05, 4.69) is 24.7 Å². The smallest absolute Gasteiger partial charge is 0.453 e. The fourth-order valence-electron chi connectivity index (χ4n) is 1.33. The van der Waals surface area contributed by atoms with Gasteiger partial charge in [-0.15, -0.1) is 0 Å². The fraction of sp³-hybridized carbons (Fsp3) is 0.182. The first-order valence-corrected chi connectivity index (χ1v) is 5.26. The number of halogens is 3. The molecule has 0 fully saturated rings. The number of ether oxygens (including phenoxy) is 1. The molecular weight excluding hydrogens is 279 g/mol. The van der Waals surface area contributed by atoms with Crippen molar-refractivity contribution >= 4 is 11.8 Å². The Labute approximate surface area is 110 Å². The fourth-order valence-corrected chi connectivity index (χ4v) is 1.33. The summed E-state index contributed by atoms with van der Waals surface area (Å²) < 4.78 is 45.4. The molecule has 0 aliphatic rings. The number of hydrogen-bond acceptors (Lipinski definition) is 5. The first-order valence-electron chi connectivity index (χ1n) is 5.26. The van der Waals surface area contributed by atoms with Gasteiger partial charge in [-0.3, -0.25) is 5.32 Å². The predicted molar refractivity (Wildman–Crippen MR) is 60.8 cm³/mol. The van der Waals surface area contributed by atoms with E-state index >= 15 is 0 Å². The lowest BCUT2D eigenvalue weighted by molar-refractivity contribution is -0.159. The quantitative estimate of drug-likeness (QED) is 0.918. The summed E-state index contributed by atoms with van der Waals surface area (Å²) in [6.45, 7) is 0. The summed E-state index contributed by atoms with van der Waals surface area (Å²) in [6.07, 6.45) is -5.34. The molecule has 0 aliphatic heterocycles. The third kappa shape index (κ3) is 3.05. The molecule has 20 heavy (non-hydrogen) atoms. The SMILES string of the molecule is COC(=O)Nc1ccc(-c2noc(C(F)(F)F)n2)cc1. The molecular formula is C11H8F3N3O3. The second-order valence-corrected chi connectivity index (χ2v) is 3.61. The van der Waals surface area contributed by atoms with Crippen molar-refractivity contribution in [2.75, 3.05) is 12.4 Å². The highest BCUT2D eigenvalue weighted by Gasteiger charge is 2.38. The molecule has 1 aromatic heterocycles. The number of aromatic nitrogens is 2. The third-order valence-corrected chi connectivity index (χ3v) is 2.24. The number of anilines is 1. The van der Waals surface area contributed by atoms with E-state index in [1.807, 2.05) is 0 Å². The monoisotopic (exact) mass is 287 g/mol. The largest absolute Gasteiger partial charge is 0.471 e. The molecule has 1 aromatic carbocycles. The molecule has 9 heteroatoms. The van der Waals surface area contributed by atoms with Crippen LogP contribution in [0.1, 0.15) is 5.89 Å². The Bertz CT molecular complexity index is 607. The number of nitrogens with zero attached hydrogens (tertiary/aromatic N) is 2. The summed E-state index contributed by atoms with van der Waals surface area (Å²) in [7, 11) is 1.21. The minimum Gasteiger partial charge on any atom is -0.453 e. The standard InChI is InChI=1S/C11H8F3N3O3/c1-19-10(18)15-7-4-2-6(3-5-7)8-16-9(20-17-8)11(12,13)14/h2-5H,1H3,(H,15,18). The first kappa shape index (κ1) is 13.8. The van der Waals surface area contributed by atoms with Crippen LogP contribution < -0.4 is 5.32 Å². The molecule has 0 bridgehead atoms. The molecule has 0 spiro atoms. The van der Waals surface area contributed by atoms with Crippen LogP contribution in [0.4, 0.5) is 23.7 Å². The minimum atomic E-state index is -4.68. The molecule has 0 saturated heterocycles. The number of benzene rings is 1. The van der Waals surface area contributed by atoms with Gasteiger partial charge in [0.15, 0.2) is 0 Å². The van der Waals surface area contributed by atoms with Crippen molar-refractivity contribution in [3.8, 4) is 11.4 Å². The lowest BCUT2D eigenvalue weighted by atomic mass is 10.2. The van der Waals surface area contributed by atoms with E-state index in [0.717, 1.165) is 0 Å². The average molecular weight is 287 g/mol. The van der Waals surface area contributed by atoms with Crippen molar-refractivity contribution in [2.45, 2.75) is 6.18 Å². The molecule has 1 amide bonds. The molecule has 106 valence electrons. The van der Waals surface area contributed by atoms with Crippen LogP contribution in [-0.4, -0.2) is 23.3 Å². The summed E-state index contributed by atoms with van der Waals surface area (Å²) in [4.78, 5) is 14.2. The van der Waals surface area contributed by atoms with Gasteiger partial charge in [-0.1, -0.05) is 5.16 Å². The molecule has 1 heterocycles. The summed E-state index contributed by atoms with van der Waals surface area (Å²) in [5.41, 5.74) is 0.736. The van der Waals surface area contributed by atoms with Crippen LogP contribution in [-0.2, 0) is 10.9 Å². The number of methoxy groups -OCH3 is 1. The lowest BCUT2D eigenvalue weighted by Gasteiger charge is -2.03. The van der Waals surface area contributed by atoms with Gasteiger partial charge in [0.1, 0.15) is 0 Å². The van der Waals surface area contributed by atoms with Crippen molar-refractivity contribution in [2.24, 2.45) is 0 Å². The summed E-state index contributed by atoms with van der Waals surface area (Å²) in [6, 6.07) is 5.82. The van der Waals surface area contributed by atoms with Crippen LogP contribution >= 0.6 is 0 Å². The van der Waals surface area contributed by atoms with Gasteiger partial charge in [-0.05, 0) is 24.3 Å². The van der Waals surface area contributed by atoms with Crippen LogP contribution in [0, 0.1) is 0 Å². The Kier molecular flexibility index (Phi) is 3.59. The number of amides is 1. The van der Waals surface area contributed by atoms with Crippen molar-refractivity contribution in [3.63, 3.8) is 0 Å². The molecule has 0 unspecified atom stereocenters. The number of rotatable bonds is 2. The number of carbonyl (C=O) groups is 1. The zero-order valence-corrected chi connectivity index (χ0v) is 10.1. The van der Waals surface area contributed by atoms with E-state index in [1.165, 1.54) is 31.4 Å². The highest BCUT2D eigenvalue weighted by atomic mass is 19.4. The average Bonchev–Trinajstić information content (AvgIpc) is 2.89. The normalized spacial score (nSPS) is 11.2. The lowest BCUT2D eigenvalue weighted by Crippen LogP contribution is -2.10. The van der Waals surface area contributed by atoms with Gasteiger partial charge in [0.05, 0.1) is 7.11 Å². The van der Waals surface area contributed by atoms with Crippen LogP contribution in [0.15, 0.2) is 28.8 Å². The van der Waals surface area contributed by atoms with Crippen LogP contribution in [0.2, 0.25) is 0 Å². The van der Waals surface area contributed by atoms with Gasteiger partial charge in [-0.25, -0.2) is 4.79 Å². The topological polar surface area (TPSA) is 77.2 Å². The Morgan fingerprint density at radius 1 is 1.30 bits per heavy atom. The van der Waals surface area contributed by atoms with Crippen molar-refractivity contribution in [1.29, 1.82) is 0 Å². The van der Waals surface area contributed by atoms with Gasteiger partial charge in [0.2, 0.25) is 5.82 Å². The Morgan fingerprint density at radius 3 is 2.45 bits per heavy atom. The molecule has 0 saturated carbocycles. The zero-order chi connectivity index (χ0) is 14.8. The maximum atomic E-state index is 12.3. The van der Waals surface area contributed by atoms with Crippen molar-refractivity contribution < 1.29 is 27.2 Å².